The van der Waals surface area contributed by atoms with Crippen LogP contribution in [0.5, 0.6) is 0 Å². The zero-order valence-electron chi connectivity index (χ0n) is 11.6. The summed E-state index contributed by atoms with van der Waals surface area (Å²) in [5, 5.41) is 6.23. The molecule has 0 spiro atoms. The summed E-state index contributed by atoms with van der Waals surface area (Å²) in [6, 6.07) is 8.79. The van der Waals surface area contributed by atoms with Gasteiger partial charge in [-0.2, -0.15) is 0 Å². The minimum Gasteiger partial charge on any atom is -0.383 e. The Balaban J connectivity index is 1.79. The molecule has 2 unspecified atom stereocenters. The Hall–Kier alpha value is -1.39. The molecule has 0 heterocycles. The Labute approximate surface area is 114 Å². The standard InChI is InChI=1S/C15H22N2O2/c1-11(10-19-2)17-15(18)9-16-14-8-7-12-5-3-4-6-13(12)14/h3-6,11,14,16H,7-10H2,1-2H3,(H,17,18). The molecule has 0 bridgehead atoms. The zero-order chi connectivity index (χ0) is 13.7. The number of rotatable bonds is 6. The second-order valence-electron chi connectivity index (χ2n) is 5.09. The molecule has 1 aromatic carbocycles. The minimum atomic E-state index is 0.0222. The highest BCUT2D eigenvalue weighted by Crippen LogP contribution is 2.30. The second-order valence-corrected chi connectivity index (χ2v) is 5.09. The average Bonchev–Trinajstić information content (AvgIpc) is 2.80. The number of fused-ring (bicyclic) bond motifs is 1. The van der Waals surface area contributed by atoms with E-state index in [1.807, 2.05) is 6.92 Å². The molecule has 104 valence electrons. The molecule has 19 heavy (non-hydrogen) atoms. The van der Waals surface area contributed by atoms with Gasteiger partial charge in [0.25, 0.3) is 0 Å². The van der Waals surface area contributed by atoms with Crippen molar-refractivity contribution >= 4 is 5.91 Å². The predicted octanol–water partition coefficient (Wildman–Crippen LogP) is 1.41. The zero-order valence-corrected chi connectivity index (χ0v) is 11.6. The van der Waals surface area contributed by atoms with E-state index in [1.54, 1.807) is 7.11 Å². The van der Waals surface area contributed by atoms with Crippen molar-refractivity contribution in [2.24, 2.45) is 0 Å². The van der Waals surface area contributed by atoms with Crippen molar-refractivity contribution in [3.8, 4) is 0 Å². The van der Waals surface area contributed by atoms with Gasteiger partial charge in [0.2, 0.25) is 5.91 Å². The fraction of sp³-hybridized carbons (Fsp3) is 0.533. The van der Waals surface area contributed by atoms with Crippen molar-refractivity contribution in [2.45, 2.75) is 31.8 Å². The number of aryl methyl sites for hydroxylation is 1. The Morgan fingerprint density at radius 3 is 3.05 bits per heavy atom. The van der Waals surface area contributed by atoms with Crippen LogP contribution < -0.4 is 10.6 Å². The number of methoxy groups -OCH3 is 1. The van der Waals surface area contributed by atoms with E-state index in [4.69, 9.17) is 4.74 Å². The minimum absolute atomic E-state index is 0.0222. The Morgan fingerprint density at radius 1 is 1.47 bits per heavy atom. The first-order valence-corrected chi connectivity index (χ1v) is 6.80. The van der Waals surface area contributed by atoms with Crippen molar-refractivity contribution in [3.63, 3.8) is 0 Å². The molecule has 2 N–H and O–H groups in total. The van der Waals surface area contributed by atoms with E-state index in [0.717, 1.165) is 12.8 Å². The van der Waals surface area contributed by atoms with E-state index in [1.165, 1.54) is 11.1 Å². The van der Waals surface area contributed by atoms with Crippen LogP contribution in [-0.2, 0) is 16.0 Å². The molecule has 0 saturated carbocycles. The molecular weight excluding hydrogens is 240 g/mol. The number of hydrogen-bond donors (Lipinski definition) is 2. The fourth-order valence-corrected chi connectivity index (χ4v) is 2.60. The molecule has 1 amide bonds. The summed E-state index contributed by atoms with van der Waals surface area (Å²) in [5.74, 6) is 0.0222. The van der Waals surface area contributed by atoms with Crippen LogP contribution in [0.3, 0.4) is 0 Å². The molecule has 1 aromatic rings. The highest BCUT2D eigenvalue weighted by atomic mass is 16.5. The second kappa shape index (κ2) is 6.68. The molecule has 0 aromatic heterocycles. The summed E-state index contributed by atoms with van der Waals surface area (Å²) in [5.41, 5.74) is 2.73. The topological polar surface area (TPSA) is 50.4 Å². The third kappa shape index (κ3) is 3.78. The number of carbonyl (C=O) groups is 1. The first kappa shape index (κ1) is 14.0. The summed E-state index contributed by atoms with van der Waals surface area (Å²) >= 11 is 0. The number of ether oxygens (including phenoxy) is 1. The first-order chi connectivity index (χ1) is 9.20. The fourth-order valence-electron chi connectivity index (χ4n) is 2.60. The number of carbonyl (C=O) groups excluding carboxylic acids is 1. The molecule has 0 fully saturated rings. The predicted molar refractivity (Wildman–Crippen MR) is 75.0 cm³/mol. The molecule has 2 rings (SSSR count). The highest BCUT2D eigenvalue weighted by molar-refractivity contribution is 5.78. The van der Waals surface area contributed by atoms with Crippen molar-refractivity contribution in [3.05, 3.63) is 35.4 Å². The smallest absolute Gasteiger partial charge is 0.234 e. The maximum atomic E-state index is 11.8. The highest BCUT2D eigenvalue weighted by Gasteiger charge is 2.21. The van der Waals surface area contributed by atoms with Gasteiger partial charge in [0.15, 0.2) is 0 Å². The molecule has 0 aliphatic heterocycles. The van der Waals surface area contributed by atoms with Gasteiger partial charge in [-0.15, -0.1) is 0 Å². The van der Waals surface area contributed by atoms with Gasteiger partial charge in [-0.1, -0.05) is 24.3 Å². The molecule has 4 heteroatoms. The Kier molecular flexibility index (Phi) is 4.93. The third-order valence-corrected chi connectivity index (χ3v) is 3.47. The summed E-state index contributed by atoms with van der Waals surface area (Å²) in [7, 11) is 1.64. The van der Waals surface area contributed by atoms with Gasteiger partial charge in [-0.25, -0.2) is 0 Å². The summed E-state index contributed by atoms with van der Waals surface area (Å²) in [6.45, 7) is 2.83. The van der Waals surface area contributed by atoms with Crippen LogP contribution in [0.15, 0.2) is 24.3 Å². The normalized spacial score (nSPS) is 18.9. The van der Waals surface area contributed by atoms with Crippen LogP contribution in [0.1, 0.15) is 30.5 Å². The molecule has 1 aliphatic carbocycles. The van der Waals surface area contributed by atoms with Crippen molar-refractivity contribution in [1.82, 2.24) is 10.6 Å². The quantitative estimate of drug-likeness (QED) is 0.815. The van der Waals surface area contributed by atoms with Crippen LogP contribution in [0.25, 0.3) is 0 Å². The maximum Gasteiger partial charge on any atom is 0.234 e. The van der Waals surface area contributed by atoms with Gasteiger partial charge < -0.3 is 15.4 Å². The lowest BCUT2D eigenvalue weighted by atomic mass is 10.1. The lowest BCUT2D eigenvalue weighted by Crippen LogP contribution is -2.41. The maximum absolute atomic E-state index is 11.8. The van der Waals surface area contributed by atoms with E-state index >= 15 is 0 Å². The van der Waals surface area contributed by atoms with Crippen LogP contribution in [0.2, 0.25) is 0 Å². The summed E-state index contributed by atoms with van der Waals surface area (Å²) in [4.78, 5) is 11.8. The molecule has 4 nitrogen and oxygen atoms in total. The molecule has 0 saturated heterocycles. The van der Waals surface area contributed by atoms with Crippen molar-refractivity contribution in [2.75, 3.05) is 20.3 Å². The van der Waals surface area contributed by atoms with E-state index in [9.17, 15) is 4.79 Å². The van der Waals surface area contributed by atoms with E-state index in [-0.39, 0.29) is 11.9 Å². The lowest BCUT2D eigenvalue weighted by molar-refractivity contribution is -0.121. The number of hydrogen-bond acceptors (Lipinski definition) is 3. The number of amides is 1. The van der Waals surface area contributed by atoms with Crippen molar-refractivity contribution < 1.29 is 9.53 Å². The van der Waals surface area contributed by atoms with Gasteiger partial charge in [-0.05, 0) is 30.9 Å². The molecule has 1 aliphatic rings. The van der Waals surface area contributed by atoms with Crippen LogP contribution in [0.4, 0.5) is 0 Å². The van der Waals surface area contributed by atoms with E-state index in [0.29, 0.717) is 19.2 Å². The summed E-state index contributed by atoms with van der Waals surface area (Å²) < 4.78 is 4.99. The Bertz CT molecular complexity index is 434. The molecule has 2 atom stereocenters. The third-order valence-electron chi connectivity index (χ3n) is 3.47. The van der Waals surface area contributed by atoms with Crippen LogP contribution >= 0.6 is 0 Å². The van der Waals surface area contributed by atoms with Crippen molar-refractivity contribution in [1.29, 1.82) is 0 Å². The average molecular weight is 262 g/mol. The van der Waals surface area contributed by atoms with Gasteiger partial charge in [-0.3, -0.25) is 4.79 Å². The van der Waals surface area contributed by atoms with Gasteiger partial charge in [0, 0.05) is 19.2 Å². The van der Waals surface area contributed by atoms with E-state index < -0.39 is 0 Å². The largest absolute Gasteiger partial charge is 0.383 e. The molecule has 0 radical (unpaired) electrons. The van der Waals surface area contributed by atoms with Crippen LogP contribution in [-0.4, -0.2) is 32.2 Å². The number of nitrogens with one attached hydrogen (secondary N) is 2. The van der Waals surface area contributed by atoms with Gasteiger partial charge in [0.1, 0.15) is 0 Å². The Morgan fingerprint density at radius 2 is 2.26 bits per heavy atom. The SMILES string of the molecule is COCC(C)NC(=O)CNC1CCc2ccccc21. The van der Waals surface area contributed by atoms with Crippen LogP contribution in [0, 0.1) is 0 Å². The first-order valence-electron chi connectivity index (χ1n) is 6.80. The summed E-state index contributed by atoms with van der Waals surface area (Å²) in [6.07, 6.45) is 2.16. The van der Waals surface area contributed by atoms with Gasteiger partial charge >= 0.3 is 0 Å². The number of benzene rings is 1. The molecular formula is C15H22N2O2. The lowest BCUT2D eigenvalue weighted by Gasteiger charge is -2.16. The van der Waals surface area contributed by atoms with Gasteiger partial charge in [0.05, 0.1) is 13.2 Å². The monoisotopic (exact) mass is 262 g/mol. The van der Waals surface area contributed by atoms with E-state index in [2.05, 4.69) is 34.9 Å².